The van der Waals surface area contributed by atoms with Crippen molar-refractivity contribution in [3.05, 3.63) is 96.3 Å². The topological polar surface area (TPSA) is 73.1 Å². The van der Waals surface area contributed by atoms with Crippen molar-refractivity contribution in [3.63, 3.8) is 0 Å². The van der Waals surface area contributed by atoms with E-state index < -0.39 is 5.25 Å². The molecule has 0 bridgehead atoms. The van der Waals surface area contributed by atoms with Crippen molar-refractivity contribution in [1.29, 1.82) is 0 Å². The number of carbonyl (C=O) groups excluding carboxylic acids is 1. The Morgan fingerprint density at radius 1 is 0.941 bits per heavy atom. The van der Waals surface area contributed by atoms with Crippen molar-refractivity contribution >= 4 is 17.7 Å². The molecular formula is C26H25N5O2S. The highest BCUT2D eigenvalue weighted by Gasteiger charge is 2.30. The van der Waals surface area contributed by atoms with Crippen LogP contribution in [0.3, 0.4) is 0 Å². The zero-order chi connectivity index (χ0) is 23.2. The van der Waals surface area contributed by atoms with Gasteiger partial charge in [0.05, 0.1) is 19.8 Å². The molecule has 0 saturated carbocycles. The lowest BCUT2D eigenvalue weighted by atomic mass is 10.1. The van der Waals surface area contributed by atoms with Gasteiger partial charge in [-0.1, -0.05) is 72.4 Å². The number of aromatic nitrogens is 4. The van der Waals surface area contributed by atoms with Crippen LogP contribution in [0.5, 0.6) is 0 Å². The van der Waals surface area contributed by atoms with Gasteiger partial charge in [-0.05, 0) is 23.3 Å². The van der Waals surface area contributed by atoms with Gasteiger partial charge >= 0.3 is 0 Å². The Hall–Kier alpha value is -3.49. The summed E-state index contributed by atoms with van der Waals surface area (Å²) in [6.07, 6.45) is 3.52. The molecule has 0 unspecified atom stereocenters. The quantitative estimate of drug-likeness (QED) is 0.378. The second kappa shape index (κ2) is 10.6. The molecule has 1 aliphatic rings. The van der Waals surface area contributed by atoms with Crippen molar-refractivity contribution in [2.24, 2.45) is 0 Å². The van der Waals surface area contributed by atoms with Gasteiger partial charge in [0.25, 0.3) is 0 Å². The summed E-state index contributed by atoms with van der Waals surface area (Å²) in [7, 11) is 0. The van der Waals surface area contributed by atoms with Gasteiger partial charge in [-0.2, -0.15) is 0 Å². The lowest BCUT2D eigenvalue weighted by molar-refractivity contribution is -0.134. The van der Waals surface area contributed by atoms with E-state index in [0.29, 0.717) is 38.0 Å². The molecule has 0 radical (unpaired) electrons. The van der Waals surface area contributed by atoms with Crippen LogP contribution in [0.1, 0.15) is 16.4 Å². The first kappa shape index (κ1) is 22.3. The summed E-state index contributed by atoms with van der Waals surface area (Å²) in [6, 6.07) is 23.9. The Morgan fingerprint density at radius 3 is 2.38 bits per heavy atom. The van der Waals surface area contributed by atoms with Crippen LogP contribution in [-0.4, -0.2) is 56.9 Å². The number of amides is 1. The van der Waals surface area contributed by atoms with Crippen molar-refractivity contribution in [2.45, 2.75) is 17.0 Å². The van der Waals surface area contributed by atoms with E-state index in [2.05, 4.69) is 31.9 Å². The Bertz CT molecular complexity index is 1210. The summed E-state index contributed by atoms with van der Waals surface area (Å²) in [5.74, 6) is 0.793. The van der Waals surface area contributed by atoms with E-state index in [9.17, 15) is 4.79 Å². The molecule has 1 atom stereocenters. The Morgan fingerprint density at radius 2 is 1.68 bits per heavy atom. The fraction of sp³-hybridized carbons (Fsp3) is 0.231. The minimum absolute atomic E-state index is 0.0664. The number of benzene rings is 2. The third-order valence-electron chi connectivity index (χ3n) is 5.69. The van der Waals surface area contributed by atoms with Crippen LogP contribution in [0.2, 0.25) is 0 Å². The predicted octanol–water partition coefficient (Wildman–Crippen LogP) is 4.08. The second-order valence-electron chi connectivity index (χ2n) is 7.97. The van der Waals surface area contributed by atoms with Crippen LogP contribution in [0.4, 0.5) is 0 Å². The number of thioether (sulfide) groups is 1. The SMILES string of the molecule is O=C([C@H](Sc1nnc(-c2cccnc2)n1Cc1ccccc1)c1ccccc1)N1CCOCC1. The molecule has 2 aromatic heterocycles. The fourth-order valence-corrected chi connectivity index (χ4v) is 5.06. The van der Waals surface area contributed by atoms with E-state index in [0.717, 1.165) is 22.5 Å². The molecule has 3 heterocycles. The summed E-state index contributed by atoms with van der Waals surface area (Å²) in [4.78, 5) is 19.8. The normalized spacial score (nSPS) is 14.6. The predicted molar refractivity (Wildman–Crippen MR) is 131 cm³/mol. The number of carbonyl (C=O) groups is 1. The highest BCUT2D eigenvalue weighted by molar-refractivity contribution is 8.00. The summed E-state index contributed by atoms with van der Waals surface area (Å²) >= 11 is 1.44. The summed E-state index contributed by atoms with van der Waals surface area (Å²) in [5, 5.41) is 9.30. The van der Waals surface area contributed by atoms with E-state index in [4.69, 9.17) is 4.74 Å². The number of rotatable bonds is 7. The van der Waals surface area contributed by atoms with Crippen LogP contribution in [0, 0.1) is 0 Å². The molecule has 1 aliphatic heterocycles. The number of morpholine rings is 1. The van der Waals surface area contributed by atoms with Gasteiger partial charge < -0.3 is 9.64 Å². The number of hydrogen-bond donors (Lipinski definition) is 0. The maximum Gasteiger partial charge on any atom is 0.240 e. The minimum atomic E-state index is -0.431. The fourth-order valence-electron chi connectivity index (χ4n) is 3.94. The largest absolute Gasteiger partial charge is 0.378 e. The third kappa shape index (κ3) is 5.03. The first-order chi connectivity index (χ1) is 16.8. The van der Waals surface area contributed by atoms with Crippen LogP contribution < -0.4 is 0 Å². The van der Waals surface area contributed by atoms with Gasteiger partial charge in [0.2, 0.25) is 5.91 Å². The monoisotopic (exact) mass is 471 g/mol. The van der Waals surface area contributed by atoms with Crippen LogP contribution in [0.25, 0.3) is 11.4 Å². The van der Waals surface area contributed by atoms with Crippen LogP contribution >= 0.6 is 11.8 Å². The first-order valence-corrected chi connectivity index (χ1v) is 12.1. The van der Waals surface area contributed by atoms with E-state index in [1.165, 1.54) is 11.8 Å². The molecule has 5 rings (SSSR count). The second-order valence-corrected chi connectivity index (χ2v) is 9.04. The van der Waals surface area contributed by atoms with Crippen LogP contribution in [0.15, 0.2) is 90.3 Å². The molecule has 7 nitrogen and oxygen atoms in total. The Kier molecular flexibility index (Phi) is 6.97. The summed E-state index contributed by atoms with van der Waals surface area (Å²) in [5.41, 5.74) is 2.96. The van der Waals surface area contributed by atoms with Gasteiger partial charge in [-0.25, -0.2) is 0 Å². The molecule has 1 saturated heterocycles. The zero-order valence-electron chi connectivity index (χ0n) is 18.7. The van der Waals surface area contributed by atoms with Gasteiger partial charge in [-0.3, -0.25) is 14.3 Å². The van der Waals surface area contributed by atoms with Gasteiger partial charge in [-0.15, -0.1) is 10.2 Å². The van der Waals surface area contributed by atoms with E-state index in [1.807, 2.05) is 65.6 Å². The average molecular weight is 472 g/mol. The van der Waals surface area contributed by atoms with Gasteiger partial charge in [0.15, 0.2) is 11.0 Å². The van der Waals surface area contributed by atoms with Crippen molar-refractivity contribution in [1.82, 2.24) is 24.6 Å². The number of nitrogens with zero attached hydrogens (tertiary/aromatic N) is 5. The highest BCUT2D eigenvalue weighted by Crippen LogP contribution is 2.37. The molecule has 0 N–H and O–H groups in total. The maximum atomic E-state index is 13.6. The van der Waals surface area contributed by atoms with E-state index >= 15 is 0 Å². The molecule has 4 aromatic rings. The Labute approximate surface area is 202 Å². The van der Waals surface area contributed by atoms with E-state index in [-0.39, 0.29) is 5.91 Å². The number of hydrogen-bond acceptors (Lipinski definition) is 6. The molecule has 8 heteroatoms. The van der Waals surface area contributed by atoms with Crippen molar-refractivity contribution < 1.29 is 9.53 Å². The molecule has 0 aliphatic carbocycles. The van der Waals surface area contributed by atoms with Crippen molar-refractivity contribution in [2.75, 3.05) is 26.3 Å². The molecule has 0 spiro atoms. The molecule has 172 valence electrons. The highest BCUT2D eigenvalue weighted by atomic mass is 32.2. The summed E-state index contributed by atoms with van der Waals surface area (Å²) < 4.78 is 7.53. The maximum absolute atomic E-state index is 13.6. The number of pyridine rings is 1. The van der Waals surface area contributed by atoms with Crippen molar-refractivity contribution in [3.8, 4) is 11.4 Å². The van der Waals surface area contributed by atoms with Gasteiger partial charge in [0, 0.05) is 31.0 Å². The standard InChI is InChI=1S/C26H25N5O2S/c32-25(30-14-16-33-17-15-30)23(21-10-5-2-6-11-21)34-26-29-28-24(22-12-7-13-27-18-22)31(26)19-20-8-3-1-4-9-20/h1-13,18,23H,14-17,19H2/t23-/m1/s1. The lowest BCUT2D eigenvalue weighted by Gasteiger charge is -2.30. The first-order valence-electron chi connectivity index (χ1n) is 11.3. The molecular weight excluding hydrogens is 446 g/mol. The van der Waals surface area contributed by atoms with E-state index in [1.54, 1.807) is 12.4 Å². The van der Waals surface area contributed by atoms with Gasteiger partial charge in [0.1, 0.15) is 5.25 Å². The lowest BCUT2D eigenvalue weighted by Crippen LogP contribution is -2.42. The Balaban J connectivity index is 1.52. The molecule has 1 amide bonds. The smallest absolute Gasteiger partial charge is 0.240 e. The molecule has 2 aromatic carbocycles. The third-order valence-corrected chi connectivity index (χ3v) is 6.92. The molecule has 34 heavy (non-hydrogen) atoms. The average Bonchev–Trinajstić information content (AvgIpc) is 3.31. The zero-order valence-corrected chi connectivity index (χ0v) is 19.5. The molecule has 1 fully saturated rings. The summed E-state index contributed by atoms with van der Waals surface area (Å²) in [6.45, 7) is 2.91. The minimum Gasteiger partial charge on any atom is -0.378 e. The van der Waals surface area contributed by atoms with Crippen LogP contribution in [-0.2, 0) is 16.1 Å². The number of ether oxygens (including phenoxy) is 1.